The molecule has 1 aromatic carbocycles. The smallest absolute Gasteiger partial charge is 0.119 e. The summed E-state index contributed by atoms with van der Waals surface area (Å²) in [5.74, 6) is 0.955. The molecule has 1 heterocycles. The quantitative estimate of drug-likeness (QED) is 0.886. The minimum absolute atomic E-state index is 0.127. The third kappa shape index (κ3) is 3.72. The van der Waals surface area contributed by atoms with Crippen LogP contribution in [-0.4, -0.2) is 17.2 Å². The van der Waals surface area contributed by atoms with Crippen LogP contribution in [0, 0.1) is 0 Å². The third-order valence-corrected chi connectivity index (χ3v) is 3.80. The van der Waals surface area contributed by atoms with Crippen LogP contribution in [0.1, 0.15) is 40.5 Å². The molecule has 0 unspecified atom stereocenters. The number of hydrogen-bond donors (Lipinski definition) is 1. The zero-order valence-electron chi connectivity index (χ0n) is 11.6. The van der Waals surface area contributed by atoms with Crippen molar-refractivity contribution in [1.29, 1.82) is 0 Å². The van der Waals surface area contributed by atoms with Gasteiger partial charge in [-0.25, -0.2) is 0 Å². The van der Waals surface area contributed by atoms with Gasteiger partial charge >= 0.3 is 0 Å². The first-order valence-corrected chi connectivity index (χ1v) is 7.27. The fraction of sp³-hybridized carbons (Fsp3) is 0.600. The van der Waals surface area contributed by atoms with Crippen molar-refractivity contribution < 1.29 is 4.74 Å². The number of halogens is 1. The molecular formula is C15H22BrNO. The topological polar surface area (TPSA) is 21.3 Å². The normalized spacial score (nSPS) is 22.7. The Morgan fingerprint density at radius 1 is 1.06 bits per heavy atom. The Kier molecular flexibility index (Phi) is 3.75. The zero-order valence-corrected chi connectivity index (χ0v) is 13.2. The van der Waals surface area contributed by atoms with Crippen LogP contribution in [0.25, 0.3) is 0 Å². The molecule has 0 bridgehead atoms. The fourth-order valence-corrected chi connectivity index (χ4v) is 3.28. The van der Waals surface area contributed by atoms with Crippen LogP contribution in [0.15, 0.2) is 28.7 Å². The van der Waals surface area contributed by atoms with E-state index in [4.69, 9.17) is 4.74 Å². The van der Waals surface area contributed by atoms with E-state index in [0.29, 0.717) is 0 Å². The summed E-state index contributed by atoms with van der Waals surface area (Å²) in [6.07, 6.45) is 2.34. The minimum Gasteiger partial charge on any atom is -0.490 e. The van der Waals surface area contributed by atoms with Gasteiger partial charge in [0.15, 0.2) is 0 Å². The van der Waals surface area contributed by atoms with Crippen molar-refractivity contribution in [1.82, 2.24) is 5.32 Å². The van der Waals surface area contributed by atoms with E-state index in [1.165, 1.54) is 0 Å². The Labute approximate surface area is 118 Å². The maximum absolute atomic E-state index is 6.12. The van der Waals surface area contributed by atoms with Gasteiger partial charge in [0.1, 0.15) is 11.9 Å². The molecule has 1 aliphatic rings. The molecule has 0 aromatic heterocycles. The highest BCUT2D eigenvalue weighted by Gasteiger charge is 2.38. The van der Waals surface area contributed by atoms with Crippen molar-refractivity contribution in [3.63, 3.8) is 0 Å². The molecule has 0 aliphatic carbocycles. The van der Waals surface area contributed by atoms with Crippen LogP contribution in [0.2, 0.25) is 0 Å². The molecule has 0 saturated carbocycles. The number of ether oxygens (including phenoxy) is 1. The lowest BCUT2D eigenvalue weighted by molar-refractivity contribution is 0.0559. The molecule has 0 radical (unpaired) electrons. The summed E-state index contributed by atoms with van der Waals surface area (Å²) in [4.78, 5) is 0. The molecule has 0 atom stereocenters. The Bertz CT molecular complexity index is 395. The molecule has 2 nitrogen and oxygen atoms in total. The van der Waals surface area contributed by atoms with Crippen LogP contribution in [0.5, 0.6) is 5.75 Å². The van der Waals surface area contributed by atoms with Gasteiger partial charge in [0.2, 0.25) is 0 Å². The predicted molar refractivity (Wildman–Crippen MR) is 79.1 cm³/mol. The molecule has 1 fully saturated rings. The zero-order chi connectivity index (χ0) is 13.4. The van der Waals surface area contributed by atoms with E-state index in [1.54, 1.807) is 0 Å². The minimum atomic E-state index is 0.127. The van der Waals surface area contributed by atoms with Crippen LogP contribution in [-0.2, 0) is 0 Å². The molecule has 18 heavy (non-hydrogen) atoms. The second-order valence-corrected chi connectivity index (χ2v) is 7.41. The maximum Gasteiger partial charge on any atom is 0.119 e. The molecule has 100 valence electrons. The van der Waals surface area contributed by atoms with Crippen LogP contribution in [0.3, 0.4) is 0 Å². The van der Waals surface area contributed by atoms with Gasteiger partial charge in [0.05, 0.1) is 0 Å². The summed E-state index contributed by atoms with van der Waals surface area (Å²) >= 11 is 3.44. The SMILES string of the molecule is CC1(C)CC(Oc2ccc(Br)cc2)CC(C)(C)N1. The second kappa shape index (κ2) is 4.86. The molecule has 1 aromatic rings. The predicted octanol–water partition coefficient (Wildman–Crippen LogP) is 4.14. The van der Waals surface area contributed by atoms with Crippen molar-refractivity contribution in [3.05, 3.63) is 28.7 Å². The highest BCUT2D eigenvalue weighted by atomic mass is 79.9. The third-order valence-electron chi connectivity index (χ3n) is 3.27. The average Bonchev–Trinajstić information content (AvgIpc) is 2.16. The van der Waals surface area contributed by atoms with Crippen molar-refractivity contribution >= 4 is 15.9 Å². The first kappa shape index (κ1) is 13.9. The van der Waals surface area contributed by atoms with Crippen LogP contribution >= 0.6 is 15.9 Å². The number of piperidine rings is 1. The maximum atomic E-state index is 6.12. The molecule has 1 N–H and O–H groups in total. The first-order chi connectivity index (χ1) is 8.26. The lowest BCUT2D eigenvalue weighted by Crippen LogP contribution is -2.60. The molecule has 1 aliphatic heterocycles. The van der Waals surface area contributed by atoms with Gasteiger partial charge in [-0.1, -0.05) is 15.9 Å². The highest BCUT2D eigenvalue weighted by Crippen LogP contribution is 2.31. The summed E-state index contributed by atoms with van der Waals surface area (Å²) < 4.78 is 7.20. The Balaban J connectivity index is 2.07. The van der Waals surface area contributed by atoms with E-state index in [9.17, 15) is 0 Å². The van der Waals surface area contributed by atoms with E-state index in [-0.39, 0.29) is 17.2 Å². The molecule has 0 amide bonds. The van der Waals surface area contributed by atoms with Gasteiger partial charge in [-0.2, -0.15) is 0 Å². The number of nitrogens with one attached hydrogen (secondary N) is 1. The molecule has 1 saturated heterocycles. The van der Waals surface area contributed by atoms with Crippen molar-refractivity contribution in [3.8, 4) is 5.75 Å². The largest absolute Gasteiger partial charge is 0.490 e. The molecule has 2 rings (SSSR count). The van der Waals surface area contributed by atoms with Gasteiger partial charge in [0.25, 0.3) is 0 Å². The van der Waals surface area contributed by atoms with E-state index in [0.717, 1.165) is 23.1 Å². The first-order valence-electron chi connectivity index (χ1n) is 6.47. The Morgan fingerprint density at radius 2 is 1.56 bits per heavy atom. The summed E-state index contributed by atoms with van der Waals surface area (Å²) in [5.41, 5.74) is 0.254. The van der Waals surface area contributed by atoms with Crippen LogP contribution < -0.4 is 10.1 Å². The van der Waals surface area contributed by atoms with Gasteiger partial charge in [-0.3, -0.25) is 0 Å². The molecule has 3 heteroatoms. The lowest BCUT2D eigenvalue weighted by Gasteiger charge is -2.46. The molecular weight excluding hydrogens is 290 g/mol. The summed E-state index contributed by atoms with van der Waals surface area (Å²) in [6.45, 7) is 8.97. The van der Waals surface area contributed by atoms with Gasteiger partial charge in [0, 0.05) is 28.4 Å². The number of benzene rings is 1. The fourth-order valence-electron chi connectivity index (χ4n) is 3.02. The van der Waals surface area contributed by atoms with Crippen molar-refractivity contribution in [2.75, 3.05) is 0 Å². The summed E-state index contributed by atoms with van der Waals surface area (Å²) in [7, 11) is 0. The lowest BCUT2D eigenvalue weighted by atomic mass is 9.81. The Morgan fingerprint density at radius 3 is 2.06 bits per heavy atom. The van der Waals surface area contributed by atoms with Crippen molar-refractivity contribution in [2.45, 2.75) is 57.7 Å². The van der Waals surface area contributed by atoms with Crippen molar-refractivity contribution in [2.24, 2.45) is 0 Å². The van der Waals surface area contributed by atoms with Gasteiger partial charge in [-0.05, 0) is 52.0 Å². The van der Waals surface area contributed by atoms with Gasteiger partial charge in [-0.15, -0.1) is 0 Å². The van der Waals surface area contributed by atoms with Gasteiger partial charge < -0.3 is 10.1 Å². The van der Waals surface area contributed by atoms with E-state index in [1.807, 2.05) is 24.3 Å². The summed E-state index contributed by atoms with van der Waals surface area (Å²) in [6, 6.07) is 8.08. The number of rotatable bonds is 2. The van der Waals surface area contributed by atoms with E-state index >= 15 is 0 Å². The number of hydrogen-bond acceptors (Lipinski definition) is 2. The summed E-state index contributed by atoms with van der Waals surface area (Å²) in [5, 5.41) is 3.67. The highest BCUT2D eigenvalue weighted by molar-refractivity contribution is 9.10. The van der Waals surface area contributed by atoms with Crippen LogP contribution in [0.4, 0.5) is 0 Å². The monoisotopic (exact) mass is 311 g/mol. The standard InChI is InChI=1S/C15H22BrNO/c1-14(2)9-13(10-15(3,4)17-14)18-12-7-5-11(16)6-8-12/h5-8,13,17H,9-10H2,1-4H3. The second-order valence-electron chi connectivity index (χ2n) is 6.49. The average molecular weight is 312 g/mol. The Hall–Kier alpha value is -0.540. The molecule has 0 spiro atoms. The van der Waals surface area contributed by atoms with E-state index < -0.39 is 0 Å². The van der Waals surface area contributed by atoms with E-state index in [2.05, 4.69) is 48.9 Å².